The molecule has 3 aliphatic rings. The number of carboxylic acids is 1. The zero-order chi connectivity index (χ0) is 28.6. The molecule has 0 unspecified atom stereocenters. The van der Waals surface area contributed by atoms with Crippen LogP contribution in [0, 0.1) is 5.92 Å². The molecule has 3 atom stereocenters. The first kappa shape index (κ1) is 30.3. The van der Waals surface area contributed by atoms with Crippen molar-refractivity contribution < 1.29 is 24.2 Å². The fraction of sp³-hybridized carbons (Fsp3) is 0.710. The predicted octanol–water partition coefficient (Wildman–Crippen LogP) is 3.07. The minimum Gasteiger partial charge on any atom is -0.493 e. The summed E-state index contributed by atoms with van der Waals surface area (Å²) in [6, 6.07) is 5.75. The van der Waals surface area contributed by atoms with Crippen LogP contribution in [-0.2, 0) is 20.8 Å². The zero-order valence-corrected chi connectivity index (χ0v) is 24.6. The Bertz CT molecular complexity index is 1030. The van der Waals surface area contributed by atoms with Crippen LogP contribution in [0.25, 0.3) is 0 Å². The van der Waals surface area contributed by atoms with Gasteiger partial charge in [0.1, 0.15) is 5.75 Å². The van der Waals surface area contributed by atoms with Crippen molar-refractivity contribution in [2.24, 2.45) is 5.92 Å². The van der Waals surface area contributed by atoms with Crippen LogP contribution in [-0.4, -0.2) is 115 Å². The number of nitrogens with zero attached hydrogens (tertiary/aromatic N) is 4. The van der Waals surface area contributed by atoms with Gasteiger partial charge in [-0.25, -0.2) is 0 Å². The number of fused-ring (bicyclic) bond motifs is 1. The molecule has 1 aromatic carbocycles. The van der Waals surface area contributed by atoms with Gasteiger partial charge in [-0.1, -0.05) is 25.5 Å². The highest BCUT2D eigenvalue weighted by molar-refractivity contribution is 5.79. The number of ether oxygens (including phenoxy) is 1. The number of carboxylic acid groups (broad SMARTS) is 1. The number of hydrogen-bond acceptors (Lipinski definition) is 6. The first-order valence-corrected chi connectivity index (χ1v) is 15.2. The van der Waals surface area contributed by atoms with E-state index in [0.717, 1.165) is 81.6 Å². The minimum absolute atomic E-state index is 0.0766. The SMILES string of the molecule is CCCCN(CCCCN(C)C)C(=O)CN1C[C@H](c2ccc3c(c2)CCO3)[C@@H](C(=O)O)[C@@H]1CCN1CCCC1=O. The van der Waals surface area contributed by atoms with Gasteiger partial charge in [-0.05, 0) is 69.9 Å². The number of rotatable bonds is 15. The molecule has 2 amide bonds. The standard InChI is InChI=1S/C31H48N4O5/c1-4-5-15-33(16-7-6-14-32(2)3)29(37)22-35-21-25(23-10-11-27-24(20-23)13-19-40-27)30(31(38)39)26(35)12-18-34-17-8-9-28(34)36/h10-11,20,25-26,30H,4-9,12-19,21-22H2,1-3H3,(H,38,39)/t25-,26+,30-/m1/s1. The van der Waals surface area contributed by atoms with Crippen molar-refractivity contribution in [3.63, 3.8) is 0 Å². The minimum atomic E-state index is -0.832. The molecule has 40 heavy (non-hydrogen) atoms. The van der Waals surface area contributed by atoms with Crippen LogP contribution in [0.15, 0.2) is 18.2 Å². The van der Waals surface area contributed by atoms with Gasteiger partial charge in [-0.2, -0.15) is 0 Å². The summed E-state index contributed by atoms with van der Waals surface area (Å²) in [4.78, 5) is 46.9. The van der Waals surface area contributed by atoms with Gasteiger partial charge >= 0.3 is 5.97 Å². The van der Waals surface area contributed by atoms with Crippen molar-refractivity contribution >= 4 is 17.8 Å². The molecule has 4 rings (SSSR count). The summed E-state index contributed by atoms with van der Waals surface area (Å²) in [5.74, 6) is -0.597. The predicted molar refractivity (Wildman–Crippen MR) is 155 cm³/mol. The van der Waals surface area contributed by atoms with Crippen molar-refractivity contribution in [3.8, 4) is 5.75 Å². The molecule has 0 spiro atoms. The second kappa shape index (κ2) is 14.3. The van der Waals surface area contributed by atoms with Gasteiger partial charge in [0.25, 0.3) is 0 Å². The molecule has 2 fully saturated rings. The van der Waals surface area contributed by atoms with E-state index in [1.807, 2.05) is 21.9 Å². The number of amides is 2. The summed E-state index contributed by atoms with van der Waals surface area (Å²) in [5, 5.41) is 10.5. The number of benzene rings is 1. The summed E-state index contributed by atoms with van der Waals surface area (Å²) in [6.07, 6.45) is 6.76. The highest BCUT2D eigenvalue weighted by Gasteiger charge is 2.47. The number of aliphatic carboxylic acids is 1. The molecule has 0 bridgehead atoms. The maximum Gasteiger partial charge on any atom is 0.308 e. The first-order chi connectivity index (χ1) is 19.3. The van der Waals surface area contributed by atoms with E-state index in [0.29, 0.717) is 32.5 Å². The Balaban J connectivity index is 1.53. The Morgan fingerprint density at radius 3 is 2.58 bits per heavy atom. The summed E-state index contributed by atoms with van der Waals surface area (Å²) in [6.45, 7) is 7.23. The lowest BCUT2D eigenvalue weighted by Crippen LogP contribution is -2.45. The number of hydrogen-bond donors (Lipinski definition) is 1. The van der Waals surface area contributed by atoms with Crippen LogP contribution in [0.5, 0.6) is 5.75 Å². The van der Waals surface area contributed by atoms with E-state index in [4.69, 9.17) is 4.74 Å². The van der Waals surface area contributed by atoms with Crippen LogP contribution in [0.3, 0.4) is 0 Å². The van der Waals surface area contributed by atoms with Gasteiger partial charge in [-0.3, -0.25) is 19.3 Å². The monoisotopic (exact) mass is 556 g/mol. The molecule has 1 aromatic rings. The molecule has 0 saturated carbocycles. The average Bonchev–Trinajstić information content (AvgIpc) is 3.64. The Hall–Kier alpha value is -2.65. The van der Waals surface area contributed by atoms with Gasteiger partial charge in [0, 0.05) is 57.5 Å². The molecule has 0 aliphatic carbocycles. The van der Waals surface area contributed by atoms with Gasteiger partial charge in [-0.15, -0.1) is 0 Å². The molecule has 2 saturated heterocycles. The molecule has 3 aliphatic heterocycles. The number of carbonyl (C=O) groups excluding carboxylic acids is 2. The molecular weight excluding hydrogens is 508 g/mol. The second-order valence-corrected chi connectivity index (χ2v) is 12.0. The van der Waals surface area contributed by atoms with E-state index in [2.05, 4.69) is 36.9 Å². The molecule has 1 N–H and O–H groups in total. The molecule has 9 nitrogen and oxygen atoms in total. The normalized spacial score (nSPS) is 22.6. The molecule has 0 aromatic heterocycles. The van der Waals surface area contributed by atoms with Crippen molar-refractivity contribution in [3.05, 3.63) is 29.3 Å². The van der Waals surface area contributed by atoms with E-state index in [-0.39, 0.29) is 30.3 Å². The van der Waals surface area contributed by atoms with Crippen LogP contribution in [0.4, 0.5) is 0 Å². The third kappa shape index (κ3) is 7.55. The largest absolute Gasteiger partial charge is 0.493 e. The molecule has 0 radical (unpaired) electrons. The van der Waals surface area contributed by atoms with Crippen molar-refractivity contribution in [1.82, 2.24) is 19.6 Å². The molecule has 9 heteroatoms. The van der Waals surface area contributed by atoms with E-state index in [9.17, 15) is 19.5 Å². The molecule has 3 heterocycles. The zero-order valence-electron chi connectivity index (χ0n) is 24.6. The third-order valence-electron chi connectivity index (χ3n) is 8.80. The van der Waals surface area contributed by atoms with Gasteiger partial charge < -0.3 is 24.5 Å². The highest BCUT2D eigenvalue weighted by atomic mass is 16.5. The topological polar surface area (TPSA) is 93.6 Å². The fourth-order valence-corrected chi connectivity index (χ4v) is 6.57. The quantitative estimate of drug-likeness (QED) is 0.332. The Morgan fingerprint density at radius 1 is 1.10 bits per heavy atom. The Morgan fingerprint density at radius 2 is 1.88 bits per heavy atom. The first-order valence-electron chi connectivity index (χ1n) is 15.2. The van der Waals surface area contributed by atoms with Crippen LogP contribution < -0.4 is 4.74 Å². The van der Waals surface area contributed by atoms with Crippen LogP contribution >= 0.6 is 0 Å². The molecular formula is C31H48N4O5. The maximum atomic E-state index is 13.7. The van der Waals surface area contributed by atoms with E-state index in [1.165, 1.54) is 0 Å². The number of unbranched alkanes of at least 4 members (excludes halogenated alkanes) is 2. The lowest BCUT2D eigenvalue weighted by Gasteiger charge is -2.31. The lowest BCUT2D eigenvalue weighted by atomic mass is 9.83. The van der Waals surface area contributed by atoms with E-state index >= 15 is 0 Å². The smallest absolute Gasteiger partial charge is 0.308 e. The summed E-state index contributed by atoms with van der Waals surface area (Å²) in [7, 11) is 4.12. The van der Waals surface area contributed by atoms with E-state index in [1.54, 1.807) is 0 Å². The summed E-state index contributed by atoms with van der Waals surface area (Å²) < 4.78 is 5.69. The van der Waals surface area contributed by atoms with Gasteiger partial charge in [0.15, 0.2) is 0 Å². The van der Waals surface area contributed by atoms with Crippen molar-refractivity contribution in [2.75, 3.05) is 66.5 Å². The van der Waals surface area contributed by atoms with Gasteiger partial charge in [0.05, 0.1) is 19.1 Å². The summed E-state index contributed by atoms with van der Waals surface area (Å²) >= 11 is 0. The van der Waals surface area contributed by atoms with Crippen LogP contribution in [0.1, 0.15) is 68.9 Å². The molecule has 222 valence electrons. The highest BCUT2D eigenvalue weighted by Crippen LogP contribution is 2.41. The third-order valence-corrected chi connectivity index (χ3v) is 8.80. The average molecular weight is 557 g/mol. The van der Waals surface area contributed by atoms with Gasteiger partial charge in [0.2, 0.25) is 11.8 Å². The Kier molecular flexibility index (Phi) is 10.8. The summed E-state index contributed by atoms with van der Waals surface area (Å²) in [5.41, 5.74) is 2.12. The van der Waals surface area contributed by atoms with E-state index < -0.39 is 11.9 Å². The van der Waals surface area contributed by atoms with Crippen LogP contribution in [0.2, 0.25) is 0 Å². The number of likely N-dealkylation sites (tertiary alicyclic amines) is 2. The van der Waals surface area contributed by atoms with Crippen molar-refractivity contribution in [2.45, 2.75) is 70.3 Å². The Labute approximate surface area is 239 Å². The van der Waals surface area contributed by atoms with Crippen molar-refractivity contribution in [1.29, 1.82) is 0 Å². The second-order valence-electron chi connectivity index (χ2n) is 12.0. The maximum absolute atomic E-state index is 13.7. The lowest BCUT2D eigenvalue weighted by molar-refractivity contribution is -0.144. The number of carbonyl (C=O) groups is 3. The fourth-order valence-electron chi connectivity index (χ4n) is 6.57.